The van der Waals surface area contributed by atoms with Crippen LogP contribution in [0.1, 0.15) is 49.2 Å². The van der Waals surface area contributed by atoms with Crippen molar-refractivity contribution in [2.24, 2.45) is 0 Å². The van der Waals surface area contributed by atoms with Crippen LogP contribution in [-0.2, 0) is 12.8 Å². The molecule has 0 spiro atoms. The van der Waals surface area contributed by atoms with Crippen LogP contribution in [-0.4, -0.2) is 28.5 Å². The molecule has 22 heavy (non-hydrogen) atoms. The highest BCUT2D eigenvalue weighted by Gasteiger charge is 2.19. The Hall–Kier alpha value is -2.15. The van der Waals surface area contributed by atoms with Gasteiger partial charge in [0.1, 0.15) is 11.3 Å². The van der Waals surface area contributed by atoms with Gasteiger partial charge < -0.3 is 14.8 Å². The first-order chi connectivity index (χ1) is 10.4. The highest BCUT2D eigenvalue weighted by molar-refractivity contribution is 7.11. The Labute approximate surface area is 132 Å². The number of carboxylic acid groups (broad SMARTS) is 1. The second kappa shape index (κ2) is 6.74. The molecule has 0 saturated carbocycles. The average molecular weight is 322 g/mol. The Morgan fingerprint density at radius 1 is 1.41 bits per heavy atom. The number of nitrogens with one attached hydrogen (secondary N) is 1. The van der Waals surface area contributed by atoms with Crippen LogP contribution in [0.5, 0.6) is 0 Å². The Balaban J connectivity index is 1.98. The highest BCUT2D eigenvalue weighted by atomic mass is 32.1. The fourth-order valence-electron chi connectivity index (χ4n) is 2.17. The zero-order valence-electron chi connectivity index (χ0n) is 12.7. The third kappa shape index (κ3) is 3.54. The van der Waals surface area contributed by atoms with Gasteiger partial charge in [0.15, 0.2) is 5.76 Å². The SMILES string of the molecule is CCc1oc(C(=O)NCCc2sc(C)nc2C)cc1C(=O)O. The summed E-state index contributed by atoms with van der Waals surface area (Å²) < 4.78 is 5.32. The number of aromatic nitrogens is 1. The molecule has 2 rings (SSSR count). The van der Waals surface area contributed by atoms with Crippen LogP contribution >= 0.6 is 11.3 Å². The summed E-state index contributed by atoms with van der Waals surface area (Å²) in [6.45, 7) is 6.12. The maximum atomic E-state index is 12.0. The molecule has 0 radical (unpaired) electrons. The van der Waals surface area contributed by atoms with Gasteiger partial charge in [-0.2, -0.15) is 0 Å². The number of nitrogens with zero attached hydrogens (tertiary/aromatic N) is 1. The van der Waals surface area contributed by atoms with Crippen LogP contribution in [0, 0.1) is 13.8 Å². The van der Waals surface area contributed by atoms with Crippen molar-refractivity contribution in [3.63, 3.8) is 0 Å². The quantitative estimate of drug-likeness (QED) is 0.853. The van der Waals surface area contributed by atoms with E-state index in [-0.39, 0.29) is 11.3 Å². The van der Waals surface area contributed by atoms with E-state index < -0.39 is 11.9 Å². The molecule has 2 heterocycles. The molecule has 0 aromatic carbocycles. The second-order valence-electron chi connectivity index (χ2n) is 4.85. The number of carbonyl (C=O) groups is 2. The Morgan fingerprint density at radius 2 is 2.14 bits per heavy atom. The second-order valence-corrected chi connectivity index (χ2v) is 6.14. The van der Waals surface area contributed by atoms with Crippen molar-refractivity contribution in [1.82, 2.24) is 10.3 Å². The molecule has 0 aliphatic rings. The largest absolute Gasteiger partial charge is 0.478 e. The first-order valence-electron chi connectivity index (χ1n) is 6.99. The van der Waals surface area contributed by atoms with Gasteiger partial charge >= 0.3 is 5.97 Å². The van der Waals surface area contributed by atoms with Gasteiger partial charge in [-0.1, -0.05) is 6.92 Å². The molecule has 6 nitrogen and oxygen atoms in total. The number of furan rings is 1. The number of aryl methyl sites for hydroxylation is 3. The molecule has 2 N–H and O–H groups in total. The van der Waals surface area contributed by atoms with Crippen LogP contribution in [0.2, 0.25) is 0 Å². The molecule has 118 valence electrons. The molecular weight excluding hydrogens is 304 g/mol. The van der Waals surface area contributed by atoms with Crippen molar-refractivity contribution in [2.75, 3.05) is 6.54 Å². The number of aromatic carboxylic acids is 1. The molecule has 0 fully saturated rings. The van der Waals surface area contributed by atoms with Gasteiger partial charge in [0.05, 0.1) is 10.7 Å². The lowest BCUT2D eigenvalue weighted by Crippen LogP contribution is -2.25. The summed E-state index contributed by atoms with van der Waals surface area (Å²) in [7, 11) is 0. The van der Waals surface area contributed by atoms with E-state index >= 15 is 0 Å². The Morgan fingerprint density at radius 3 is 2.64 bits per heavy atom. The van der Waals surface area contributed by atoms with Crippen molar-refractivity contribution in [2.45, 2.75) is 33.6 Å². The van der Waals surface area contributed by atoms with Gasteiger partial charge in [0.25, 0.3) is 5.91 Å². The third-order valence-corrected chi connectivity index (χ3v) is 4.35. The van der Waals surface area contributed by atoms with Gasteiger partial charge in [-0.15, -0.1) is 11.3 Å². The summed E-state index contributed by atoms with van der Waals surface area (Å²) in [5, 5.41) is 12.8. The summed E-state index contributed by atoms with van der Waals surface area (Å²) in [5.41, 5.74) is 1.03. The maximum absolute atomic E-state index is 12.0. The summed E-state index contributed by atoms with van der Waals surface area (Å²) in [6.07, 6.45) is 1.12. The molecule has 0 atom stereocenters. The van der Waals surface area contributed by atoms with E-state index in [9.17, 15) is 9.59 Å². The predicted molar refractivity (Wildman–Crippen MR) is 82.7 cm³/mol. The average Bonchev–Trinajstić information content (AvgIpc) is 3.02. The monoisotopic (exact) mass is 322 g/mol. The standard InChI is InChI=1S/C15H18N2O4S/c1-4-11-10(15(19)20)7-12(21-11)14(18)16-6-5-13-8(2)17-9(3)22-13/h7H,4-6H2,1-3H3,(H,16,18)(H,19,20). The summed E-state index contributed by atoms with van der Waals surface area (Å²) in [5.74, 6) is -1.14. The molecule has 0 saturated heterocycles. The maximum Gasteiger partial charge on any atom is 0.339 e. The van der Waals surface area contributed by atoms with E-state index in [1.807, 2.05) is 13.8 Å². The molecule has 1 amide bonds. The number of hydrogen-bond acceptors (Lipinski definition) is 5. The fraction of sp³-hybridized carbons (Fsp3) is 0.400. The van der Waals surface area contributed by atoms with Gasteiger partial charge in [-0.05, 0) is 13.8 Å². The van der Waals surface area contributed by atoms with E-state index in [1.165, 1.54) is 6.07 Å². The predicted octanol–water partition coefficient (Wildman–Crippen LogP) is 2.59. The van der Waals surface area contributed by atoms with E-state index in [1.54, 1.807) is 18.3 Å². The number of rotatable bonds is 6. The Bertz CT molecular complexity index is 702. The Kier molecular flexibility index (Phi) is 4.97. The topological polar surface area (TPSA) is 92.4 Å². The molecule has 0 aliphatic heterocycles. The van der Waals surface area contributed by atoms with Crippen LogP contribution in [0.4, 0.5) is 0 Å². The zero-order chi connectivity index (χ0) is 16.3. The number of carboxylic acids is 1. The minimum atomic E-state index is -1.09. The molecule has 0 aliphatic carbocycles. The van der Waals surface area contributed by atoms with Crippen LogP contribution in [0.3, 0.4) is 0 Å². The lowest BCUT2D eigenvalue weighted by molar-refractivity contribution is 0.0694. The van der Waals surface area contributed by atoms with E-state index in [0.717, 1.165) is 15.6 Å². The van der Waals surface area contributed by atoms with Crippen LogP contribution in [0.15, 0.2) is 10.5 Å². The van der Waals surface area contributed by atoms with E-state index in [4.69, 9.17) is 9.52 Å². The summed E-state index contributed by atoms with van der Waals surface area (Å²) in [6, 6.07) is 1.28. The molecule has 2 aromatic rings. The summed E-state index contributed by atoms with van der Waals surface area (Å²) in [4.78, 5) is 28.5. The minimum absolute atomic E-state index is 0.0338. The fourth-order valence-corrected chi connectivity index (χ4v) is 3.10. The van der Waals surface area contributed by atoms with Gasteiger partial charge in [-0.25, -0.2) is 9.78 Å². The van der Waals surface area contributed by atoms with Gasteiger partial charge in [-0.3, -0.25) is 4.79 Å². The number of thiazole rings is 1. The van der Waals surface area contributed by atoms with Crippen molar-refractivity contribution >= 4 is 23.2 Å². The smallest absolute Gasteiger partial charge is 0.339 e. The number of hydrogen-bond donors (Lipinski definition) is 2. The highest BCUT2D eigenvalue weighted by Crippen LogP contribution is 2.18. The third-order valence-electron chi connectivity index (χ3n) is 3.22. The van der Waals surface area contributed by atoms with E-state index in [0.29, 0.717) is 25.1 Å². The molecule has 2 aromatic heterocycles. The van der Waals surface area contributed by atoms with E-state index in [2.05, 4.69) is 10.3 Å². The van der Waals surface area contributed by atoms with Crippen molar-refractivity contribution < 1.29 is 19.1 Å². The van der Waals surface area contributed by atoms with Crippen molar-refractivity contribution in [3.8, 4) is 0 Å². The minimum Gasteiger partial charge on any atom is -0.478 e. The summed E-state index contributed by atoms with van der Waals surface area (Å²) >= 11 is 1.61. The first-order valence-corrected chi connectivity index (χ1v) is 7.81. The van der Waals surface area contributed by atoms with Crippen LogP contribution in [0.25, 0.3) is 0 Å². The first kappa shape index (κ1) is 16.2. The molecule has 0 bridgehead atoms. The zero-order valence-corrected chi connectivity index (χ0v) is 13.5. The lowest BCUT2D eigenvalue weighted by atomic mass is 10.2. The number of carbonyl (C=O) groups excluding carboxylic acids is 1. The van der Waals surface area contributed by atoms with Crippen LogP contribution < -0.4 is 5.32 Å². The van der Waals surface area contributed by atoms with Gasteiger partial charge in [0.2, 0.25) is 0 Å². The number of amides is 1. The van der Waals surface area contributed by atoms with Crippen molar-refractivity contribution in [3.05, 3.63) is 38.7 Å². The molecule has 0 unspecified atom stereocenters. The molecular formula is C15H18N2O4S. The van der Waals surface area contributed by atoms with Gasteiger partial charge in [0, 0.05) is 30.3 Å². The normalized spacial score (nSPS) is 10.7. The molecule has 7 heteroatoms. The lowest BCUT2D eigenvalue weighted by Gasteiger charge is -2.02. The van der Waals surface area contributed by atoms with Crippen molar-refractivity contribution in [1.29, 1.82) is 0 Å².